The number of likely N-dealkylation sites (tertiary alicyclic amines) is 1. The Morgan fingerprint density at radius 1 is 1.56 bits per heavy atom. The highest BCUT2D eigenvalue weighted by Crippen LogP contribution is 2.22. The standard InChI is InChI=1S/C11H15ClFN3/c1-7-4-16(6-10(7)13)5-9-3-14-8(2)15-11(9)12/h3,7,10H,4-6H2,1-2H3/t7-,10+/m1/s1. The Labute approximate surface area is 99.6 Å². The monoisotopic (exact) mass is 243 g/mol. The van der Waals surface area contributed by atoms with E-state index in [-0.39, 0.29) is 5.92 Å². The average molecular weight is 244 g/mol. The van der Waals surface area contributed by atoms with Crippen molar-refractivity contribution in [1.82, 2.24) is 14.9 Å². The van der Waals surface area contributed by atoms with Crippen LogP contribution in [0.4, 0.5) is 4.39 Å². The number of hydrogen-bond donors (Lipinski definition) is 0. The molecule has 2 rings (SSSR count). The first-order valence-corrected chi connectivity index (χ1v) is 5.78. The molecule has 2 atom stereocenters. The summed E-state index contributed by atoms with van der Waals surface area (Å²) in [4.78, 5) is 10.2. The fourth-order valence-electron chi connectivity index (χ4n) is 1.97. The summed E-state index contributed by atoms with van der Waals surface area (Å²) in [6.07, 6.45) is 0.992. The van der Waals surface area contributed by atoms with Crippen molar-refractivity contribution < 1.29 is 4.39 Å². The largest absolute Gasteiger partial charge is 0.296 e. The zero-order valence-corrected chi connectivity index (χ0v) is 10.2. The predicted octanol–water partition coefficient (Wildman–Crippen LogP) is 2.23. The molecule has 0 spiro atoms. The lowest BCUT2D eigenvalue weighted by Gasteiger charge is -2.15. The Balaban J connectivity index is 2.05. The number of alkyl halides is 1. The molecular formula is C11H15ClFN3. The third kappa shape index (κ3) is 2.50. The molecule has 16 heavy (non-hydrogen) atoms. The minimum absolute atomic E-state index is 0.102. The maximum absolute atomic E-state index is 13.3. The van der Waals surface area contributed by atoms with Crippen LogP contribution in [-0.2, 0) is 6.54 Å². The highest BCUT2D eigenvalue weighted by molar-refractivity contribution is 6.30. The van der Waals surface area contributed by atoms with E-state index in [9.17, 15) is 4.39 Å². The van der Waals surface area contributed by atoms with Gasteiger partial charge in [-0.05, 0) is 6.92 Å². The van der Waals surface area contributed by atoms with Gasteiger partial charge in [0.2, 0.25) is 0 Å². The molecule has 0 aliphatic carbocycles. The van der Waals surface area contributed by atoms with E-state index in [2.05, 4.69) is 14.9 Å². The smallest absolute Gasteiger partial charge is 0.137 e. The van der Waals surface area contributed by atoms with Gasteiger partial charge in [-0.2, -0.15) is 0 Å². The lowest BCUT2D eigenvalue weighted by Crippen LogP contribution is -2.21. The molecular weight excluding hydrogens is 229 g/mol. The molecule has 1 aromatic heterocycles. The van der Waals surface area contributed by atoms with Gasteiger partial charge in [0, 0.05) is 37.3 Å². The number of nitrogens with zero attached hydrogens (tertiary/aromatic N) is 3. The molecule has 5 heteroatoms. The van der Waals surface area contributed by atoms with Gasteiger partial charge in [0.05, 0.1) is 0 Å². The van der Waals surface area contributed by atoms with E-state index in [0.717, 1.165) is 12.1 Å². The van der Waals surface area contributed by atoms with Crippen molar-refractivity contribution in [1.29, 1.82) is 0 Å². The average Bonchev–Trinajstić information content (AvgIpc) is 2.51. The van der Waals surface area contributed by atoms with E-state index in [4.69, 9.17) is 11.6 Å². The Hall–Kier alpha value is -0.740. The Bertz CT molecular complexity index is 375. The molecule has 0 amide bonds. The lowest BCUT2D eigenvalue weighted by molar-refractivity contribution is 0.273. The molecule has 3 nitrogen and oxygen atoms in total. The zero-order valence-electron chi connectivity index (χ0n) is 9.45. The summed E-state index contributed by atoms with van der Waals surface area (Å²) in [5, 5.41) is 0.475. The quantitative estimate of drug-likeness (QED) is 0.746. The predicted molar refractivity (Wildman–Crippen MR) is 61.1 cm³/mol. The van der Waals surface area contributed by atoms with Crippen molar-refractivity contribution in [2.75, 3.05) is 13.1 Å². The summed E-state index contributed by atoms with van der Waals surface area (Å²) in [5.41, 5.74) is 0.869. The van der Waals surface area contributed by atoms with Crippen LogP contribution in [0, 0.1) is 12.8 Å². The van der Waals surface area contributed by atoms with E-state index in [1.165, 1.54) is 0 Å². The maximum Gasteiger partial charge on any atom is 0.137 e. The first kappa shape index (κ1) is 11.7. The van der Waals surface area contributed by atoms with E-state index < -0.39 is 6.17 Å². The lowest BCUT2D eigenvalue weighted by atomic mass is 10.1. The number of aromatic nitrogens is 2. The van der Waals surface area contributed by atoms with Gasteiger partial charge in [-0.3, -0.25) is 4.90 Å². The van der Waals surface area contributed by atoms with Crippen molar-refractivity contribution in [3.63, 3.8) is 0 Å². The molecule has 1 aromatic rings. The summed E-state index contributed by atoms with van der Waals surface area (Å²) in [7, 11) is 0. The Kier molecular flexibility index (Phi) is 3.40. The second-order valence-corrected chi connectivity index (χ2v) is 4.78. The second kappa shape index (κ2) is 4.63. The van der Waals surface area contributed by atoms with Crippen LogP contribution in [0.25, 0.3) is 0 Å². The summed E-state index contributed by atoms with van der Waals surface area (Å²) in [6.45, 7) is 5.60. The molecule has 1 fully saturated rings. The van der Waals surface area contributed by atoms with Gasteiger partial charge in [0.15, 0.2) is 0 Å². The van der Waals surface area contributed by atoms with Crippen molar-refractivity contribution in [2.24, 2.45) is 5.92 Å². The van der Waals surface area contributed by atoms with Gasteiger partial charge in [0.25, 0.3) is 0 Å². The van der Waals surface area contributed by atoms with E-state index in [1.54, 1.807) is 13.1 Å². The molecule has 88 valence electrons. The molecule has 0 unspecified atom stereocenters. The minimum atomic E-state index is -0.731. The maximum atomic E-state index is 13.3. The van der Waals surface area contributed by atoms with Crippen LogP contribution in [0.3, 0.4) is 0 Å². The van der Waals surface area contributed by atoms with E-state index >= 15 is 0 Å². The summed E-state index contributed by atoms with van der Waals surface area (Å²) < 4.78 is 13.3. The minimum Gasteiger partial charge on any atom is -0.296 e. The van der Waals surface area contributed by atoms with Crippen LogP contribution in [-0.4, -0.2) is 34.1 Å². The fraction of sp³-hybridized carbons (Fsp3) is 0.636. The van der Waals surface area contributed by atoms with Crippen LogP contribution in [0.15, 0.2) is 6.20 Å². The van der Waals surface area contributed by atoms with Gasteiger partial charge < -0.3 is 0 Å². The van der Waals surface area contributed by atoms with Crippen LogP contribution in [0.1, 0.15) is 18.3 Å². The van der Waals surface area contributed by atoms with Gasteiger partial charge >= 0.3 is 0 Å². The first-order valence-electron chi connectivity index (χ1n) is 5.40. The molecule has 2 heterocycles. The number of halogens is 2. The highest BCUT2D eigenvalue weighted by atomic mass is 35.5. The van der Waals surface area contributed by atoms with Crippen LogP contribution in [0.2, 0.25) is 5.15 Å². The summed E-state index contributed by atoms with van der Waals surface area (Å²) in [5.74, 6) is 0.761. The van der Waals surface area contributed by atoms with Gasteiger partial charge in [-0.1, -0.05) is 18.5 Å². The van der Waals surface area contributed by atoms with Crippen LogP contribution in [0.5, 0.6) is 0 Å². The Morgan fingerprint density at radius 3 is 2.88 bits per heavy atom. The summed E-state index contributed by atoms with van der Waals surface area (Å²) in [6, 6.07) is 0. The van der Waals surface area contributed by atoms with Gasteiger partial charge in [-0.15, -0.1) is 0 Å². The Morgan fingerprint density at radius 2 is 2.31 bits per heavy atom. The SMILES string of the molecule is Cc1ncc(CN2C[C@@H](C)[C@@H](F)C2)c(Cl)n1. The van der Waals surface area contributed by atoms with Gasteiger partial charge in [0.1, 0.15) is 17.1 Å². The van der Waals surface area contributed by atoms with E-state index in [1.807, 2.05) is 6.92 Å². The van der Waals surface area contributed by atoms with Crippen molar-refractivity contribution in [3.8, 4) is 0 Å². The van der Waals surface area contributed by atoms with Crippen molar-refractivity contribution in [3.05, 3.63) is 22.7 Å². The second-order valence-electron chi connectivity index (χ2n) is 4.42. The van der Waals surface area contributed by atoms with Crippen molar-refractivity contribution in [2.45, 2.75) is 26.6 Å². The van der Waals surface area contributed by atoms with Crippen LogP contribution < -0.4 is 0 Å². The number of aryl methyl sites for hydroxylation is 1. The molecule has 1 aliphatic rings. The van der Waals surface area contributed by atoms with E-state index in [0.29, 0.717) is 24.1 Å². The van der Waals surface area contributed by atoms with Crippen LogP contribution >= 0.6 is 11.6 Å². The normalized spacial score (nSPS) is 26.2. The molecule has 0 bridgehead atoms. The first-order chi connectivity index (χ1) is 7.56. The fourth-order valence-corrected chi connectivity index (χ4v) is 2.20. The summed E-state index contributed by atoms with van der Waals surface area (Å²) >= 11 is 6.01. The molecule has 0 saturated carbocycles. The third-order valence-corrected chi connectivity index (χ3v) is 3.25. The molecule has 0 radical (unpaired) electrons. The third-order valence-electron chi connectivity index (χ3n) is 2.92. The topological polar surface area (TPSA) is 29.0 Å². The highest BCUT2D eigenvalue weighted by Gasteiger charge is 2.29. The molecule has 1 saturated heterocycles. The molecule has 0 N–H and O–H groups in total. The van der Waals surface area contributed by atoms with Crippen molar-refractivity contribution >= 4 is 11.6 Å². The number of hydrogen-bond acceptors (Lipinski definition) is 3. The molecule has 0 aromatic carbocycles. The number of rotatable bonds is 2. The molecule has 1 aliphatic heterocycles. The zero-order chi connectivity index (χ0) is 11.7. The van der Waals surface area contributed by atoms with Gasteiger partial charge in [-0.25, -0.2) is 14.4 Å².